The number of amides is 1. The van der Waals surface area contributed by atoms with E-state index >= 15 is 0 Å². The first-order valence-electron chi connectivity index (χ1n) is 12.0. The molecule has 1 amide bonds. The molecule has 1 aliphatic rings. The van der Waals surface area contributed by atoms with E-state index in [4.69, 9.17) is 19.4 Å². The van der Waals surface area contributed by atoms with Crippen molar-refractivity contribution < 1.29 is 23.6 Å². The number of aromatic nitrogens is 2. The van der Waals surface area contributed by atoms with E-state index in [1.807, 2.05) is 0 Å². The highest BCUT2D eigenvalue weighted by molar-refractivity contribution is 5.97. The van der Waals surface area contributed by atoms with Crippen LogP contribution in [0.15, 0.2) is 6.20 Å². The molecule has 23 heavy (non-hydrogen) atoms. The third kappa shape index (κ3) is 4.79. The largest absolute Gasteiger partial charge is 0.393 e. The van der Waals surface area contributed by atoms with Crippen LogP contribution in [-0.2, 0) is 0 Å². The second-order valence-electron chi connectivity index (χ2n) is 6.01. The number of aliphatic hydroxyl groups excluding tert-OH is 1. The monoisotopic (exact) mass is 331 g/mol. The summed E-state index contributed by atoms with van der Waals surface area (Å²) in [7, 11) is 0. The van der Waals surface area contributed by atoms with Crippen molar-refractivity contribution in [3.05, 3.63) is 11.8 Å². The van der Waals surface area contributed by atoms with Crippen LogP contribution in [-0.4, -0.2) is 38.6 Å². The van der Waals surface area contributed by atoms with Gasteiger partial charge in [0.05, 0.1) is 13.0 Å². The molecule has 1 heterocycles. The third-order valence-corrected chi connectivity index (χ3v) is 2.75. The molecule has 0 radical (unpaired) electrons. The Bertz CT molecular complexity index is 937. The lowest BCUT2D eigenvalue weighted by atomic mass is 9.85. The van der Waals surface area contributed by atoms with Crippen LogP contribution in [0.25, 0.3) is 0 Å². The zero-order valence-electron chi connectivity index (χ0n) is 23.1. The lowest BCUT2D eigenvalue weighted by Gasteiger charge is -2.32. The quantitative estimate of drug-likeness (QED) is 0.668. The van der Waals surface area contributed by atoms with Gasteiger partial charge in [-0.1, -0.05) is 6.85 Å². The van der Waals surface area contributed by atoms with Crippen LogP contribution >= 0.6 is 0 Å². The van der Waals surface area contributed by atoms with E-state index in [1.54, 1.807) is 20.8 Å². The van der Waals surface area contributed by atoms with E-state index in [0.29, 0.717) is 0 Å². The Labute approximate surface area is 151 Å². The summed E-state index contributed by atoms with van der Waals surface area (Å²) >= 11 is 0. The van der Waals surface area contributed by atoms with Crippen molar-refractivity contribution in [3.8, 4) is 0 Å². The molecule has 0 aromatic carbocycles. The summed E-state index contributed by atoms with van der Waals surface area (Å²) in [5, 5.41) is 15.6. The van der Waals surface area contributed by atoms with Crippen LogP contribution in [0.4, 0.5) is 11.8 Å². The molecule has 2 rings (SSSR count). The maximum Gasteiger partial charge on any atom is 0.254 e. The fourth-order valence-corrected chi connectivity index (χ4v) is 1.75. The molecule has 7 heteroatoms. The van der Waals surface area contributed by atoms with Gasteiger partial charge in [0.1, 0.15) is 5.82 Å². The highest BCUT2D eigenvalue weighted by Crippen LogP contribution is 2.27. The standard InChI is InChI=1S/C16H27N5O2/c1-9-5-6-10(7-12(9)22)19-14-11(13(17)23)8-18-15(20-14)21-16(2,3)4/h8-10,12,22H,5-7H2,1-4H3,(H2,17,23)(H2,18,19,20,21)/i1D3,5D2,6D2,7D,9D,10D. The van der Waals surface area contributed by atoms with Crippen molar-refractivity contribution >= 4 is 17.7 Å². The summed E-state index contributed by atoms with van der Waals surface area (Å²) in [5.74, 6) is -5.16. The van der Waals surface area contributed by atoms with Gasteiger partial charge in [0.25, 0.3) is 5.91 Å². The molecule has 1 aromatic heterocycles. The number of carbonyl (C=O) groups is 1. The van der Waals surface area contributed by atoms with Gasteiger partial charge in [0.15, 0.2) is 0 Å². The normalized spacial score (nSPS) is 45.9. The van der Waals surface area contributed by atoms with E-state index < -0.39 is 66.8 Å². The zero-order chi connectivity index (χ0) is 26.0. The Morgan fingerprint density at radius 2 is 2.30 bits per heavy atom. The Kier molecular flexibility index (Phi) is 2.41. The van der Waals surface area contributed by atoms with Crippen molar-refractivity contribution in [3.63, 3.8) is 0 Å². The number of nitrogens with two attached hydrogens (primary N) is 1. The molecule has 1 fully saturated rings. The third-order valence-electron chi connectivity index (χ3n) is 2.75. The lowest BCUT2D eigenvalue weighted by molar-refractivity contribution is 0.0739. The SMILES string of the molecule is [2H]C1C(O)C([2H])(C([2H])([2H])[2H])C([2H])([2H])C([2H])([2H])C1([2H])Nc1nc(NC(C)(C)C)ncc1C(N)=O. The number of hydrogen-bond donors (Lipinski definition) is 4. The summed E-state index contributed by atoms with van der Waals surface area (Å²) in [5.41, 5.74) is 4.34. The van der Waals surface area contributed by atoms with E-state index in [0.717, 1.165) is 6.20 Å². The van der Waals surface area contributed by atoms with Crippen molar-refractivity contribution in [2.24, 2.45) is 11.6 Å². The topological polar surface area (TPSA) is 113 Å². The molecule has 4 atom stereocenters. The summed E-state index contributed by atoms with van der Waals surface area (Å²) < 4.78 is 80.8. The fourth-order valence-electron chi connectivity index (χ4n) is 1.75. The van der Waals surface area contributed by atoms with Crippen molar-refractivity contribution in [2.45, 2.75) is 64.4 Å². The second-order valence-corrected chi connectivity index (χ2v) is 6.01. The van der Waals surface area contributed by atoms with Gasteiger partial charge in [-0.25, -0.2) is 4.98 Å². The minimum Gasteiger partial charge on any atom is -0.393 e. The number of primary amides is 1. The molecule has 1 aromatic rings. The first kappa shape index (κ1) is 8.28. The second kappa shape index (κ2) is 6.70. The minimum absolute atomic E-state index is 0.0719. The number of nitrogens with one attached hydrogen (secondary N) is 2. The maximum absolute atomic E-state index is 11.9. The van der Waals surface area contributed by atoms with Gasteiger partial charge in [0, 0.05) is 30.1 Å². The Morgan fingerprint density at radius 3 is 2.91 bits per heavy atom. The molecule has 1 saturated carbocycles. The number of aliphatic hydroxyl groups is 1. The highest BCUT2D eigenvalue weighted by atomic mass is 16.3. The van der Waals surface area contributed by atoms with E-state index in [-0.39, 0.29) is 5.95 Å². The lowest BCUT2D eigenvalue weighted by Crippen LogP contribution is -2.36. The number of carbonyl (C=O) groups excluding carboxylic acids is 1. The van der Waals surface area contributed by atoms with Gasteiger partial charge in [-0.15, -0.1) is 0 Å². The molecule has 4 unspecified atom stereocenters. The Hall–Kier alpha value is -1.89. The Morgan fingerprint density at radius 1 is 1.57 bits per heavy atom. The van der Waals surface area contributed by atoms with Crippen LogP contribution in [0.5, 0.6) is 0 Å². The molecular weight excluding hydrogens is 294 g/mol. The summed E-state index contributed by atoms with van der Waals surface area (Å²) in [6.07, 6.45) is -11.3. The molecule has 5 N–H and O–H groups in total. The number of nitrogens with zero attached hydrogens (tertiary/aromatic N) is 2. The number of anilines is 2. The van der Waals surface area contributed by atoms with Crippen LogP contribution in [0.1, 0.15) is 70.8 Å². The summed E-state index contributed by atoms with van der Waals surface area (Å²) in [4.78, 5) is 19.8. The Balaban J connectivity index is 2.70. The molecule has 128 valence electrons. The van der Waals surface area contributed by atoms with Crippen molar-refractivity contribution in [2.75, 3.05) is 10.6 Å². The molecule has 0 saturated heterocycles. The van der Waals surface area contributed by atoms with Gasteiger partial charge >= 0.3 is 0 Å². The van der Waals surface area contributed by atoms with E-state index in [1.165, 1.54) is 0 Å². The summed E-state index contributed by atoms with van der Waals surface area (Å²) in [6.45, 7) is 1.76. The number of rotatable bonds is 4. The van der Waals surface area contributed by atoms with Crippen LogP contribution in [0, 0.1) is 5.89 Å². The van der Waals surface area contributed by atoms with Crippen LogP contribution in [0.3, 0.4) is 0 Å². The number of hydrogen-bond acceptors (Lipinski definition) is 6. The first-order chi connectivity index (χ1) is 14.5. The minimum atomic E-state index is -3.66. The molecule has 1 aliphatic carbocycles. The van der Waals surface area contributed by atoms with Crippen molar-refractivity contribution in [1.82, 2.24) is 9.97 Å². The van der Waals surface area contributed by atoms with Crippen LogP contribution < -0.4 is 16.4 Å². The predicted octanol–water partition coefficient (Wildman–Crippen LogP) is 1.75. The smallest absolute Gasteiger partial charge is 0.254 e. The summed E-state index contributed by atoms with van der Waals surface area (Å²) in [6, 6.07) is -3.11. The molecule has 7 nitrogen and oxygen atoms in total. The van der Waals surface area contributed by atoms with Gasteiger partial charge < -0.3 is 21.5 Å². The molecule has 0 aliphatic heterocycles. The zero-order valence-corrected chi connectivity index (χ0v) is 13.1. The van der Waals surface area contributed by atoms with Gasteiger partial charge in [-0.3, -0.25) is 4.79 Å². The predicted molar refractivity (Wildman–Crippen MR) is 90.4 cm³/mol. The molecule has 0 spiro atoms. The van der Waals surface area contributed by atoms with Gasteiger partial charge in [-0.05, 0) is 45.8 Å². The average Bonchev–Trinajstić information content (AvgIpc) is 2.62. The van der Waals surface area contributed by atoms with E-state index in [2.05, 4.69) is 20.6 Å². The first-order valence-corrected chi connectivity index (χ1v) is 6.88. The highest BCUT2D eigenvalue weighted by Gasteiger charge is 2.27. The van der Waals surface area contributed by atoms with Gasteiger partial charge in [0.2, 0.25) is 5.95 Å². The van der Waals surface area contributed by atoms with E-state index in [9.17, 15) is 9.90 Å². The maximum atomic E-state index is 11.9. The fraction of sp³-hybridized carbons (Fsp3) is 0.688. The van der Waals surface area contributed by atoms with Crippen LogP contribution in [0.2, 0.25) is 0 Å². The molecule has 0 bridgehead atoms. The average molecular weight is 331 g/mol. The molecular formula is C16H27N5O2. The van der Waals surface area contributed by atoms with Gasteiger partial charge in [-0.2, -0.15) is 4.98 Å². The van der Waals surface area contributed by atoms with Crippen molar-refractivity contribution in [1.29, 1.82) is 0 Å².